The molecule has 0 bridgehead atoms. The molecule has 0 atom stereocenters. The zero-order valence-corrected chi connectivity index (χ0v) is 10.7. The Labute approximate surface area is 106 Å². The Hall–Kier alpha value is -1.95. The van der Waals surface area contributed by atoms with Crippen LogP contribution in [0.4, 0.5) is 11.4 Å². The molecular formula is C12H18N2O4. The van der Waals surface area contributed by atoms with Gasteiger partial charge in [-0.25, -0.2) is 4.79 Å². The molecule has 1 aromatic rings. The predicted octanol–water partition coefficient (Wildman–Crippen LogP) is 2.10. The zero-order valence-electron chi connectivity index (χ0n) is 10.7. The highest BCUT2D eigenvalue weighted by Crippen LogP contribution is 2.31. The summed E-state index contributed by atoms with van der Waals surface area (Å²) in [6, 6.07) is 3.11. The third-order valence-electron chi connectivity index (χ3n) is 2.30. The first kappa shape index (κ1) is 14.1. The van der Waals surface area contributed by atoms with E-state index in [-0.39, 0.29) is 12.2 Å². The number of esters is 1. The zero-order chi connectivity index (χ0) is 13.5. The first-order valence-corrected chi connectivity index (χ1v) is 5.73. The number of nitrogens with one attached hydrogen (secondary N) is 2. The lowest BCUT2D eigenvalue weighted by Crippen LogP contribution is -2.10. The molecule has 0 aliphatic heterocycles. The average Bonchev–Trinajstić information content (AvgIpc) is 2.38. The molecule has 1 rings (SSSR count). The molecule has 0 saturated carbocycles. The van der Waals surface area contributed by atoms with Gasteiger partial charge in [-0.1, -0.05) is 0 Å². The van der Waals surface area contributed by atoms with Gasteiger partial charge in [0, 0.05) is 13.1 Å². The van der Waals surface area contributed by atoms with Crippen LogP contribution in [0, 0.1) is 0 Å². The molecule has 0 aliphatic carbocycles. The normalized spacial score (nSPS) is 9.78. The van der Waals surface area contributed by atoms with E-state index < -0.39 is 5.97 Å². The van der Waals surface area contributed by atoms with Crippen molar-refractivity contribution in [1.82, 2.24) is 0 Å². The van der Waals surface area contributed by atoms with E-state index in [4.69, 9.17) is 14.7 Å². The molecular weight excluding hydrogens is 236 g/mol. The maximum absolute atomic E-state index is 11.8. The van der Waals surface area contributed by atoms with Gasteiger partial charge in [-0.05, 0) is 19.9 Å². The smallest absolute Gasteiger partial charge is 0.341 e. The van der Waals surface area contributed by atoms with E-state index in [1.54, 1.807) is 20.0 Å². The van der Waals surface area contributed by atoms with Gasteiger partial charge in [-0.3, -0.25) is 10.7 Å². The molecule has 100 valence electrons. The first-order valence-electron chi connectivity index (χ1n) is 5.73. The van der Waals surface area contributed by atoms with Crippen LogP contribution < -0.4 is 15.5 Å². The molecule has 0 amide bonds. The minimum absolute atomic E-state index is 0.272. The molecule has 0 unspecified atom stereocenters. The van der Waals surface area contributed by atoms with Crippen molar-refractivity contribution >= 4 is 17.3 Å². The standard InChI is InChI=1S/C12H18N2O4/c1-4-17-11-7-9(13-3)10(14-16)6-8(11)12(15)18-5-2/h6-7,13-14,16H,4-5H2,1-3H3. The van der Waals surface area contributed by atoms with Crippen molar-refractivity contribution in [2.24, 2.45) is 0 Å². The fourth-order valence-corrected chi connectivity index (χ4v) is 1.52. The van der Waals surface area contributed by atoms with Crippen LogP contribution in [-0.2, 0) is 4.74 Å². The Bertz CT molecular complexity index is 421. The topological polar surface area (TPSA) is 79.8 Å². The Morgan fingerprint density at radius 1 is 1.28 bits per heavy atom. The Morgan fingerprint density at radius 3 is 2.50 bits per heavy atom. The highest BCUT2D eigenvalue weighted by molar-refractivity contribution is 5.95. The van der Waals surface area contributed by atoms with E-state index in [1.807, 2.05) is 12.4 Å². The fourth-order valence-electron chi connectivity index (χ4n) is 1.52. The van der Waals surface area contributed by atoms with Crippen LogP contribution in [0.25, 0.3) is 0 Å². The summed E-state index contributed by atoms with van der Waals surface area (Å²) in [7, 11) is 1.70. The van der Waals surface area contributed by atoms with Gasteiger partial charge in [0.2, 0.25) is 0 Å². The van der Waals surface area contributed by atoms with Crippen LogP contribution in [-0.4, -0.2) is 31.4 Å². The number of anilines is 2. The van der Waals surface area contributed by atoms with Crippen LogP contribution in [0.15, 0.2) is 12.1 Å². The first-order chi connectivity index (χ1) is 8.67. The monoisotopic (exact) mass is 254 g/mol. The van der Waals surface area contributed by atoms with Gasteiger partial charge >= 0.3 is 5.97 Å². The van der Waals surface area contributed by atoms with Gasteiger partial charge in [0.1, 0.15) is 11.3 Å². The predicted molar refractivity (Wildman–Crippen MR) is 68.5 cm³/mol. The SMILES string of the molecule is CCOC(=O)c1cc(NO)c(NC)cc1OCC. The van der Waals surface area contributed by atoms with Crippen molar-refractivity contribution in [3.05, 3.63) is 17.7 Å². The minimum atomic E-state index is -0.486. The lowest BCUT2D eigenvalue weighted by molar-refractivity contribution is 0.0522. The van der Waals surface area contributed by atoms with Crippen LogP contribution in [0.5, 0.6) is 5.75 Å². The van der Waals surface area contributed by atoms with Crippen molar-refractivity contribution in [3.8, 4) is 5.75 Å². The lowest BCUT2D eigenvalue weighted by Gasteiger charge is -2.14. The van der Waals surface area contributed by atoms with Crippen molar-refractivity contribution in [2.45, 2.75) is 13.8 Å². The summed E-state index contributed by atoms with van der Waals surface area (Å²) in [6.45, 7) is 4.26. The van der Waals surface area contributed by atoms with Crippen molar-refractivity contribution in [2.75, 3.05) is 31.1 Å². The Balaban J connectivity index is 3.23. The molecule has 3 N–H and O–H groups in total. The second-order valence-corrected chi connectivity index (χ2v) is 3.41. The van der Waals surface area contributed by atoms with E-state index in [1.165, 1.54) is 6.07 Å². The number of carbonyl (C=O) groups excluding carboxylic acids is 1. The number of ether oxygens (including phenoxy) is 2. The van der Waals surface area contributed by atoms with Gasteiger partial charge < -0.3 is 14.8 Å². The number of hydrogen-bond acceptors (Lipinski definition) is 6. The van der Waals surface area contributed by atoms with E-state index >= 15 is 0 Å². The molecule has 6 nitrogen and oxygen atoms in total. The summed E-state index contributed by atoms with van der Waals surface area (Å²) >= 11 is 0. The van der Waals surface area contributed by atoms with Crippen LogP contribution >= 0.6 is 0 Å². The van der Waals surface area contributed by atoms with Gasteiger partial charge in [-0.2, -0.15) is 0 Å². The van der Waals surface area contributed by atoms with Gasteiger partial charge in [0.15, 0.2) is 0 Å². The number of carbonyl (C=O) groups is 1. The Kier molecular flexibility index (Phi) is 5.26. The molecule has 0 aliphatic rings. The van der Waals surface area contributed by atoms with Crippen LogP contribution in [0.1, 0.15) is 24.2 Å². The number of rotatable bonds is 6. The molecule has 0 aromatic heterocycles. The summed E-state index contributed by atoms with van der Waals surface area (Å²) in [5, 5.41) is 11.9. The van der Waals surface area contributed by atoms with E-state index in [0.29, 0.717) is 23.7 Å². The van der Waals surface area contributed by atoms with E-state index in [0.717, 1.165) is 0 Å². The van der Waals surface area contributed by atoms with Crippen molar-refractivity contribution in [1.29, 1.82) is 0 Å². The highest BCUT2D eigenvalue weighted by Gasteiger charge is 2.17. The molecule has 0 heterocycles. The second kappa shape index (κ2) is 6.70. The van der Waals surface area contributed by atoms with Crippen molar-refractivity contribution in [3.63, 3.8) is 0 Å². The third-order valence-corrected chi connectivity index (χ3v) is 2.30. The van der Waals surface area contributed by atoms with Gasteiger partial charge in [-0.15, -0.1) is 0 Å². The maximum atomic E-state index is 11.8. The van der Waals surface area contributed by atoms with Gasteiger partial charge in [0.05, 0.1) is 24.6 Å². The summed E-state index contributed by atoms with van der Waals surface area (Å²) in [4.78, 5) is 11.8. The third kappa shape index (κ3) is 3.04. The largest absolute Gasteiger partial charge is 0.493 e. The average molecular weight is 254 g/mol. The molecule has 6 heteroatoms. The molecule has 1 aromatic carbocycles. The van der Waals surface area contributed by atoms with Crippen molar-refractivity contribution < 1.29 is 19.5 Å². The van der Waals surface area contributed by atoms with Gasteiger partial charge in [0.25, 0.3) is 0 Å². The summed E-state index contributed by atoms with van der Waals surface area (Å²) in [5.41, 5.74) is 3.30. The molecule has 0 spiro atoms. The highest BCUT2D eigenvalue weighted by atomic mass is 16.5. The van der Waals surface area contributed by atoms with E-state index in [2.05, 4.69) is 5.32 Å². The summed E-state index contributed by atoms with van der Waals surface area (Å²) in [6.07, 6.45) is 0. The quantitative estimate of drug-likeness (QED) is 0.533. The van der Waals surface area contributed by atoms with Crippen LogP contribution in [0.2, 0.25) is 0 Å². The molecule has 18 heavy (non-hydrogen) atoms. The maximum Gasteiger partial charge on any atom is 0.341 e. The van der Waals surface area contributed by atoms with E-state index in [9.17, 15) is 4.79 Å². The Morgan fingerprint density at radius 2 is 2.00 bits per heavy atom. The number of benzene rings is 1. The summed E-state index contributed by atoms with van der Waals surface area (Å²) in [5.74, 6) is -0.0700. The second-order valence-electron chi connectivity index (χ2n) is 3.41. The molecule has 0 saturated heterocycles. The fraction of sp³-hybridized carbons (Fsp3) is 0.417. The van der Waals surface area contributed by atoms with Crippen LogP contribution in [0.3, 0.4) is 0 Å². The minimum Gasteiger partial charge on any atom is -0.493 e. The summed E-state index contributed by atoms with van der Waals surface area (Å²) < 4.78 is 10.3. The lowest BCUT2D eigenvalue weighted by atomic mass is 10.1. The number of hydrogen-bond donors (Lipinski definition) is 3. The molecule has 0 radical (unpaired) electrons. The molecule has 0 fully saturated rings.